The molecular weight excluding hydrogens is 412 g/mol. The molecule has 0 saturated carbocycles. The van der Waals surface area contributed by atoms with Crippen LogP contribution in [0.25, 0.3) is 0 Å². The van der Waals surface area contributed by atoms with E-state index < -0.39 is 0 Å². The maximum atomic E-state index is 12.0. The second-order valence-corrected chi connectivity index (χ2v) is 9.01. The number of ether oxygens (including phenoxy) is 2. The van der Waals surface area contributed by atoms with Crippen molar-refractivity contribution in [2.24, 2.45) is 5.92 Å². The molecule has 0 aromatic heterocycles. The minimum Gasteiger partial charge on any atom is -0.494 e. The Kier molecular flexibility index (Phi) is 7.16. The van der Waals surface area contributed by atoms with Crippen LogP contribution in [-0.4, -0.2) is 61.2 Å². The van der Waals surface area contributed by atoms with E-state index in [0.29, 0.717) is 6.61 Å². The highest BCUT2D eigenvalue weighted by molar-refractivity contribution is 6.30. The van der Waals surface area contributed by atoms with Crippen molar-refractivity contribution in [2.45, 2.75) is 32.9 Å². The minimum atomic E-state index is -0.245. The number of benzene rings is 1. The standard InChI is InChI=1S/C25H31ClN2O3/c1-18-19(2)25(29)31-24-16-22(8-9-23(18)24)30-15-3-10-27-11-13-28(14-12-27)17-20-4-6-21(26)7-5-20/h4-9,16,23-24H,3,10-15,17H2,1-2H3. The molecule has 5 nitrogen and oxygen atoms in total. The molecule has 2 heterocycles. The zero-order chi connectivity index (χ0) is 21.8. The van der Waals surface area contributed by atoms with Crippen LogP contribution in [0.2, 0.25) is 5.02 Å². The first-order valence-corrected chi connectivity index (χ1v) is 11.5. The van der Waals surface area contributed by atoms with Gasteiger partial charge in [-0.15, -0.1) is 0 Å². The normalized spacial score (nSPS) is 24.6. The molecule has 2 aliphatic heterocycles. The first-order valence-electron chi connectivity index (χ1n) is 11.1. The van der Waals surface area contributed by atoms with Gasteiger partial charge in [-0.1, -0.05) is 35.4 Å². The second-order valence-electron chi connectivity index (χ2n) is 8.58. The van der Waals surface area contributed by atoms with Crippen molar-refractivity contribution in [3.63, 3.8) is 0 Å². The summed E-state index contributed by atoms with van der Waals surface area (Å²) >= 11 is 5.97. The Balaban J connectivity index is 1.15. The first kappa shape index (κ1) is 22.1. The number of piperazine rings is 1. The number of carbonyl (C=O) groups is 1. The predicted octanol–water partition coefficient (Wildman–Crippen LogP) is 4.20. The third kappa shape index (κ3) is 5.59. The molecule has 3 aliphatic rings. The fraction of sp³-hybridized carbons (Fsp3) is 0.480. The lowest BCUT2D eigenvalue weighted by atomic mass is 9.85. The van der Waals surface area contributed by atoms with Crippen LogP contribution in [0.15, 0.2) is 59.4 Å². The van der Waals surface area contributed by atoms with E-state index >= 15 is 0 Å². The van der Waals surface area contributed by atoms with Crippen molar-refractivity contribution in [3.8, 4) is 0 Å². The van der Waals surface area contributed by atoms with E-state index in [-0.39, 0.29) is 18.0 Å². The number of esters is 1. The van der Waals surface area contributed by atoms with E-state index in [1.165, 1.54) is 5.56 Å². The highest BCUT2D eigenvalue weighted by Crippen LogP contribution is 2.33. The van der Waals surface area contributed by atoms with E-state index in [1.54, 1.807) is 0 Å². The van der Waals surface area contributed by atoms with Gasteiger partial charge in [-0.05, 0) is 50.1 Å². The van der Waals surface area contributed by atoms with E-state index in [4.69, 9.17) is 21.1 Å². The van der Waals surface area contributed by atoms with Gasteiger partial charge in [0, 0.05) is 55.8 Å². The van der Waals surface area contributed by atoms with Crippen LogP contribution in [0.1, 0.15) is 25.8 Å². The number of nitrogens with zero attached hydrogens (tertiary/aromatic N) is 2. The topological polar surface area (TPSA) is 42.0 Å². The molecule has 1 aliphatic carbocycles. The van der Waals surface area contributed by atoms with Gasteiger partial charge < -0.3 is 14.4 Å². The van der Waals surface area contributed by atoms with E-state index in [2.05, 4.69) is 28.0 Å². The highest BCUT2D eigenvalue weighted by Gasteiger charge is 2.33. The Morgan fingerprint density at radius 3 is 2.55 bits per heavy atom. The molecule has 4 rings (SSSR count). The third-order valence-electron chi connectivity index (χ3n) is 6.46. The lowest BCUT2D eigenvalue weighted by Crippen LogP contribution is -2.46. The van der Waals surface area contributed by atoms with Gasteiger partial charge >= 0.3 is 5.97 Å². The van der Waals surface area contributed by atoms with Crippen LogP contribution >= 0.6 is 11.6 Å². The Labute approximate surface area is 189 Å². The van der Waals surface area contributed by atoms with Gasteiger partial charge in [0.25, 0.3) is 0 Å². The van der Waals surface area contributed by atoms with Gasteiger partial charge in [-0.2, -0.15) is 0 Å². The van der Waals surface area contributed by atoms with Gasteiger partial charge in [-0.25, -0.2) is 4.79 Å². The number of carbonyl (C=O) groups excluding carboxylic acids is 1. The molecule has 0 N–H and O–H groups in total. The Hall–Kier alpha value is -2.08. The summed E-state index contributed by atoms with van der Waals surface area (Å²) in [6, 6.07) is 8.13. The zero-order valence-corrected chi connectivity index (χ0v) is 19.1. The monoisotopic (exact) mass is 442 g/mol. The van der Waals surface area contributed by atoms with Crippen molar-refractivity contribution in [2.75, 3.05) is 39.3 Å². The molecule has 0 spiro atoms. The number of allylic oxidation sites excluding steroid dienone is 1. The molecule has 1 aromatic rings. The second kappa shape index (κ2) is 10.0. The van der Waals surface area contributed by atoms with Crippen LogP contribution in [0.4, 0.5) is 0 Å². The lowest BCUT2D eigenvalue weighted by molar-refractivity contribution is -0.145. The highest BCUT2D eigenvalue weighted by atomic mass is 35.5. The summed E-state index contributed by atoms with van der Waals surface area (Å²) in [6.07, 6.45) is 6.77. The van der Waals surface area contributed by atoms with Crippen LogP contribution < -0.4 is 0 Å². The molecule has 1 saturated heterocycles. The summed E-state index contributed by atoms with van der Waals surface area (Å²) in [5.41, 5.74) is 3.12. The summed E-state index contributed by atoms with van der Waals surface area (Å²) in [7, 11) is 0. The lowest BCUT2D eigenvalue weighted by Gasteiger charge is -2.34. The van der Waals surface area contributed by atoms with Gasteiger partial charge in [0.05, 0.1) is 6.61 Å². The molecule has 2 atom stereocenters. The maximum Gasteiger partial charge on any atom is 0.334 e. The molecule has 166 valence electrons. The molecule has 0 radical (unpaired) electrons. The van der Waals surface area contributed by atoms with Crippen molar-refractivity contribution in [1.82, 2.24) is 9.80 Å². The zero-order valence-electron chi connectivity index (χ0n) is 18.4. The molecule has 0 bridgehead atoms. The number of halogens is 1. The summed E-state index contributed by atoms with van der Waals surface area (Å²) in [5.74, 6) is 0.711. The summed E-state index contributed by atoms with van der Waals surface area (Å²) in [5, 5.41) is 0.789. The Morgan fingerprint density at radius 2 is 1.81 bits per heavy atom. The number of hydrogen-bond donors (Lipinski definition) is 0. The SMILES string of the molecule is CC1=C(C)C2C=CC(OCCCN3CCN(Cc4ccc(Cl)cc4)CC3)=CC2OC1=O. The third-order valence-corrected chi connectivity index (χ3v) is 6.71. The van der Waals surface area contributed by atoms with Crippen LogP contribution in [0, 0.1) is 5.92 Å². The largest absolute Gasteiger partial charge is 0.494 e. The average molecular weight is 443 g/mol. The molecule has 1 fully saturated rings. The van der Waals surface area contributed by atoms with Crippen molar-refractivity contribution in [1.29, 1.82) is 0 Å². The number of rotatable bonds is 7. The molecule has 6 heteroatoms. The van der Waals surface area contributed by atoms with E-state index in [1.807, 2.05) is 38.1 Å². The van der Waals surface area contributed by atoms with Crippen LogP contribution in [0.3, 0.4) is 0 Å². The van der Waals surface area contributed by atoms with Gasteiger partial charge in [0.2, 0.25) is 0 Å². The average Bonchev–Trinajstić information content (AvgIpc) is 2.78. The summed E-state index contributed by atoms with van der Waals surface area (Å²) in [6.45, 7) is 10.9. The van der Waals surface area contributed by atoms with Crippen molar-refractivity contribution >= 4 is 17.6 Å². The van der Waals surface area contributed by atoms with Crippen molar-refractivity contribution < 1.29 is 14.3 Å². The van der Waals surface area contributed by atoms with Gasteiger partial charge in [0.15, 0.2) is 0 Å². The smallest absolute Gasteiger partial charge is 0.334 e. The summed E-state index contributed by atoms with van der Waals surface area (Å²) < 4.78 is 11.5. The van der Waals surface area contributed by atoms with E-state index in [0.717, 1.165) is 67.6 Å². The maximum absolute atomic E-state index is 12.0. The predicted molar refractivity (Wildman–Crippen MR) is 123 cm³/mol. The Morgan fingerprint density at radius 1 is 1.10 bits per heavy atom. The molecule has 31 heavy (non-hydrogen) atoms. The quantitative estimate of drug-likeness (QED) is 0.467. The fourth-order valence-electron chi connectivity index (χ4n) is 4.34. The fourth-order valence-corrected chi connectivity index (χ4v) is 4.47. The number of hydrogen-bond acceptors (Lipinski definition) is 5. The van der Waals surface area contributed by atoms with Crippen molar-refractivity contribution in [3.05, 3.63) is 70.0 Å². The van der Waals surface area contributed by atoms with Crippen LogP contribution in [-0.2, 0) is 20.8 Å². The Bertz CT molecular complexity index is 883. The van der Waals surface area contributed by atoms with Gasteiger partial charge in [0.1, 0.15) is 11.9 Å². The molecule has 2 unspecified atom stereocenters. The minimum absolute atomic E-state index is 0.134. The van der Waals surface area contributed by atoms with E-state index in [9.17, 15) is 4.79 Å². The van der Waals surface area contributed by atoms with Gasteiger partial charge in [-0.3, -0.25) is 4.90 Å². The molecular formula is C25H31ClN2O3. The molecule has 0 amide bonds. The molecule has 1 aromatic carbocycles. The van der Waals surface area contributed by atoms with Crippen LogP contribution in [0.5, 0.6) is 0 Å². The number of fused-ring (bicyclic) bond motifs is 1. The first-order chi connectivity index (χ1) is 15.0. The summed E-state index contributed by atoms with van der Waals surface area (Å²) in [4.78, 5) is 16.9.